The number of nitrogens with zero attached hydrogens (tertiary/aromatic N) is 2. The largest absolute Gasteiger partial charge is 0.255 e. The van der Waals surface area contributed by atoms with Crippen LogP contribution in [0.2, 0.25) is 0 Å². The van der Waals surface area contributed by atoms with Crippen molar-refractivity contribution >= 4 is 0 Å². The Bertz CT molecular complexity index is 1720. The first-order valence-electron chi connectivity index (χ1n) is 14.2. The van der Waals surface area contributed by atoms with Crippen LogP contribution in [0.4, 0.5) is 0 Å². The van der Waals surface area contributed by atoms with E-state index in [1.165, 1.54) is 61.7 Å². The van der Waals surface area contributed by atoms with E-state index in [2.05, 4.69) is 164 Å². The Morgan fingerprint density at radius 1 is 0.575 bits per heavy atom. The molecule has 0 radical (unpaired) electrons. The van der Waals surface area contributed by atoms with E-state index in [1.54, 1.807) is 0 Å². The highest BCUT2D eigenvalue weighted by atomic mass is 15.2. The Morgan fingerprint density at radius 3 is 1.70 bits per heavy atom. The number of para-hydroxylation sites is 1. The van der Waals surface area contributed by atoms with Gasteiger partial charge in [0, 0.05) is 16.7 Å². The average Bonchev–Trinajstić information content (AvgIpc) is 3.42. The molecule has 0 N–H and O–H groups in total. The molecule has 0 saturated heterocycles. The second-order valence-corrected chi connectivity index (χ2v) is 10.3. The molecule has 0 fully saturated rings. The molecule has 0 unspecified atom stereocenters. The van der Waals surface area contributed by atoms with Gasteiger partial charge in [0.1, 0.15) is 11.4 Å². The number of aryl methyl sites for hydroxylation is 3. The number of benzene rings is 5. The van der Waals surface area contributed by atoms with Gasteiger partial charge in [-0.3, -0.25) is 0 Å². The molecular weight excluding hydrogens is 484 g/mol. The molecule has 0 atom stereocenters. The standard InChI is InChI=1S/C38H35N2/c1-4-29-22-15-23-30(5-2)36(29)40-27-39(35-26-28(3)24-25-34(35)31-16-9-6-10-17-31)37(32-18-11-7-12-19-32)38(40)33-20-13-8-14-21-33/h6-27H,4-5H2,1-3H3/q+1. The zero-order chi connectivity index (χ0) is 27.5. The summed E-state index contributed by atoms with van der Waals surface area (Å²) in [5.41, 5.74) is 13.6. The first-order chi connectivity index (χ1) is 19.7. The fourth-order valence-corrected chi connectivity index (χ4v) is 5.78. The number of imidazole rings is 1. The summed E-state index contributed by atoms with van der Waals surface area (Å²) in [6, 6.07) is 45.9. The SMILES string of the molecule is CCc1cccc(CC)c1-[n+]1cn(-c2cc(C)ccc2-c2ccccc2)c(-c2ccccc2)c1-c1ccccc1. The van der Waals surface area contributed by atoms with E-state index in [9.17, 15) is 0 Å². The van der Waals surface area contributed by atoms with Gasteiger partial charge in [0.05, 0.1) is 0 Å². The molecule has 0 amide bonds. The van der Waals surface area contributed by atoms with Gasteiger partial charge in [0.25, 0.3) is 6.33 Å². The number of aromatic nitrogens is 2. The summed E-state index contributed by atoms with van der Waals surface area (Å²) < 4.78 is 4.87. The van der Waals surface area contributed by atoms with E-state index in [0.717, 1.165) is 12.8 Å². The molecule has 40 heavy (non-hydrogen) atoms. The van der Waals surface area contributed by atoms with Crippen molar-refractivity contribution in [3.63, 3.8) is 0 Å². The van der Waals surface area contributed by atoms with E-state index in [4.69, 9.17) is 0 Å². The molecule has 0 aliphatic carbocycles. The molecule has 0 bridgehead atoms. The van der Waals surface area contributed by atoms with E-state index >= 15 is 0 Å². The molecule has 2 nitrogen and oxygen atoms in total. The molecule has 1 aromatic heterocycles. The zero-order valence-corrected chi connectivity index (χ0v) is 23.5. The lowest BCUT2D eigenvalue weighted by Gasteiger charge is -2.12. The van der Waals surface area contributed by atoms with Gasteiger partial charge in [-0.2, -0.15) is 9.13 Å². The van der Waals surface area contributed by atoms with Gasteiger partial charge < -0.3 is 0 Å². The highest BCUT2D eigenvalue weighted by Crippen LogP contribution is 2.37. The molecule has 0 aliphatic rings. The van der Waals surface area contributed by atoms with Crippen LogP contribution >= 0.6 is 0 Å². The van der Waals surface area contributed by atoms with Crippen molar-refractivity contribution in [1.82, 2.24) is 4.57 Å². The number of hydrogen-bond acceptors (Lipinski definition) is 0. The Hall–Kier alpha value is -4.69. The third-order valence-corrected chi connectivity index (χ3v) is 7.73. The predicted molar refractivity (Wildman–Crippen MR) is 167 cm³/mol. The third-order valence-electron chi connectivity index (χ3n) is 7.73. The van der Waals surface area contributed by atoms with Crippen molar-refractivity contribution in [2.75, 3.05) is 0 Å². The van der Waals surface area contributed by atoms with Crippen molar-refractivity contribution in [3.8, 4) is 45.0 Å². The average molecular weight is 520 g/mol. The minimum atomic E-state index is 0.968. The molecule has 5 aromatic carbocycles. The third kappa shape index (κ3) is 4.67. The van der Waals surface area contributed by atoms with Gasteiger partial charge in [-0.15, -0.1) is 0 Å². The van der Waals surface area contributed by atoms with Gasteiger partial charge in [-0.1, -0.05) is 129 Å². The van der Waals surface area contributed by atoms with Crippen molar-refractivity contribution in [2.24, 2.45) is 0 Å². The first-order valence-corrected chi connectivity index (χ1v) is 14.2. The second kappa shape index (κ2) is 11.2. The van der Waals surface area contributed by atoms with E-state index in [1.807, 2.05) is 0 Å². The van der Waals surface area contributed by atoms with Crippen molar-refractivity contribution < 1.29 is 4.57 Å². The Kier molecular flexibility index (Phi) is 7.16. The van der Waals surface area contributed by atoms with Gasteiger partial charge in [-0.05, 0) is 54.2 Å². The summed E-state index contributed by atoms with van der Waals surface area (Å²) in [6.07, 6.45) is 4.26. The molecule has 0 saturated carbocycles. The van der Waals surface area contributed by atoms with Crippen LogP contribution in [0.3, 0.4) is 0 Å². The monoisotopic (exact) mass is 519 g/mol. The highest BCUT2D eigenvalue weighted by Gasteiger charge is 2.31. The minimum Gasteiger partial charge on any atom is -0.193 e. The molecule has 6 rings (SSSR count). The summed E-state index contributed by atoms with van der Waals surface area (Å²) in [7, 11) is 0. The molecule has 6 aromatic rings. The van der Waals surface area contributed by atoms with Gasteiger partial charge in [0.2, 0.25) is 0 Å². The lowest BCUT2D eigenvalue weighted by atomic mass is 9.99. The van der Waals surface area contributed by atoms with Gasteiger partial charge in [-0.25, -0.2) is 0 Å². The molecule has 196 valence electrons. The normalized spacial score (nSPS) is 11.1. The quantitative estimate of drug-likeness (QED) is 0.186. The van der Waals surface area contributed by atoms with Crippen LogP contribution in [-0.4, -0.2) is 4.57 Å². The summed E-state index contributed by atoms with van der Waals surface area (Å²) in [4.78, 5) is 0. The molecular formula is C38H35N2+. The predicted octanol–water partition coefficient (Wildman–Crippen LogP) is 9.19. The maximum absolute atomic E-state index is 2.45. The van der Waals surface area contributed by atoms with Gasteiger partial charge >= 0.3 is 0 Å². The lowest BCUT2D eigenvalue weighted by molar-refractivity contribution is -0.584. The molecule has 2 heteroatoms. The van der Waals surface area contributed by atoms with Crippen LogP contribution in [0, 0.1) is 6.92 Å². The van der Waals surface area contributed by atoms with Crippen LogP contribution in [0.5, 0.6) is 0 Å². The smallest absolute Gasteiger partial charge is 0.193 e. The fourth-order valence-electron chi connectivity index (χ4n) is 5.78. The van der Waals surface area contributed by atoms with Crippen molar-refractivity contribution in [3.05, 3.63) is 150 Å². The number of hydrogen-bond donors (Lipinski definition) is 0. The van der Waals surface area contributed by atoms with Crippen LogP contribution in [0.15, 0.2) is 134 Å². The zero-order valence-electron chi connectivity index (χ0n) is 23.5. The van der Waals surface area contributed by atoms with E-state index in [0.29, 0.717) is 0 Å². The topological polar surface area (TPSA) is 8.81 Å². The van der Waals surface area contributed by atoms with E-state index in [-0.39, 0.29) is 0 Å². The van der Waals surface area contributed by atoms with E-state index < -0.39 is 0 Å². The van der Waals surface area contributed by atoms with Crippen molar-refractivity contribution in [1.29, 1.82) is 0 Å². The van der Waals surface area contributed by atoms with Crippen LogP contribution in [0.25, 0.3) is 45.0 Å². The maximum atomic E-state index is 2.45. The molecule has 0 spiro atoms. The molecule has 1 heterocycles. The molecule has 0 aliphatic heterocycles. The van der Waals surface area contributed by atoms with Crippen LogP contribution < -0.4 is 4.57 Å². The Balaban J connectivity index is 1.78. The number of rotatable bonds is 7. The summed E-state index contributed by atoms with van der Waals surface area (Å²) in [5.74, 6) is 0. The minimum absolute atomic E-state index is 0.968. The Labute approximate surface area is 237 Å². The highest BCUT2D eigenvalue weighted by molar-refractivity contribution is 5.82. The van der Waals surface area contributed by atoms with Crippen LogP contribution in [0.1, 0.15) is 30.5 Å². The van der Waals surface area contributed by atoms with Gasteiger partial charge in [0.15, 0.2) is 11.4 Å². The van der Waals surface area contributed by atoms with Crippen LogP contribution in [-0.2, 0) is 12.8 Å². The summed E-state index contributed by atoms with van der Waals surface area (Å²) >= 11 is 0. The second-order valence-electron chi connectivity index (χ2n) is 10.3. The Morgan fingerprint density at radius 2 is 1.12 bits per heavy atom. The van der Waals surface area contributed by atoms with Crippen molar-refractivity contribution in [2.45, 2.75) is 33.6 Å². The maximum Gasteiger partial charge on any atom is 0.255 e. The summed E-state index contributed by atoms with van der Waals surface area (Å²) in [6.45, 7) is 6.69. The summed E-state index contributed by atoms with van der Waals surface area (Å²) in [5, 5.41) is 0. The first kappa shape index (κ1) is 25.6. The lowest BCUT2D eigenvalue weighted by Crippen LogP contribution is -2.34. The fraction of sp³-hybridized carbons (Fsp3) is 0.132.